The van der Waals surface area contributed by atoms with Crippen molar-refractivity contribution < 1.29 is 28.5 Å². The highest BCUT2D eigenvalue weighted by atomic mass is 35.5. The quantitative estimate of drug-likeness (QED) is 0.615. The van der Waals surface area contributed by atoms with E-state index in [1.165, 1.54) is 11.3 Å². The maximum absolute atomic E-state index is 13.6. The maximum atomic E-state index is 13.6. The smallest absolute Gasteiger partial charge is 1.00 e. The first-order valence-electron chi connectivity index (χ1n) is 10.1. The van der Waals surface area contributed by atoms with Gasteiger partial charge in [0.15, 0.2) is 0 Å². The van der Waals surface area contributed by atoms with Crippen LogP contribution in [0.5, 0.6) is 0 Å². The minimum absolute atomic E-state index is 0. The Morgan fingerprint density at radius 3 is 2.32 bits per heavy atom. The van der Waals surface area contributed by atoms with E-state index in [-0.39, 0.29) is 30.7 Å². The van der Waals surface area contributed by atoms with Crippen LogP contribution in [-0.2, 0) is 0 Å². The molecule has 1 fully saturated rings. The Hall–Kier alpha value is -2.67. The molecule has 2 heterocycles. The van der Waals surface area contributed by atoms with Crippen LogP contribution in [-0.4, -0.2) is 36.1 Å². The number of aryl methyl sites for hydroxylation is 1. The standard InChI is InChI=1S/C24H24N2O3S.ClH/c1-16-7-9-18(10-8-16)23(27)26(19-11-13-25-14-12-19)20-15-21(30-22(20)24(28)29)17-5-3-2-4-6-17;/h2-10,15,19,25H,11-14H2,1H3,(H,28,29);1H. The zero-order chi connectivity index (χ0) is 21.1. The molecule has 0 bridgehead atoms. The number of hydrogen-bond acceptors (Lipinski definition) is 4. The van der Waals surface area contributed by atoms with Gasteiger partial charge in [-0.25, -0.2) is 4.79 Å². The predicted molar refractivity (Wildman–Crippen MR) is 122 cm³/mol. The second-order valence-corrected chi connectivity index (χ2v) is 8.57. The van der Waals surface area contributed by atoms with Crippen molar-refractivity contribution in [3.8, 4) is 10.4 Å². The molecule has 2 N–H and O–H groups in total. The third-order valence-electron chi connectivity index (χ3n) is 5.42. The Kier molecular flexibility index (Phi) is 7.49. The maximum Gasteiger partial charge on any atom is 1.00 e. The summed E-state index contributed by atoms with van der Waals surface area (Å²) in [7, 11) is 0. The molecule has 0 atom stereocenters. The number of amides is 1. The molecule has 0 spiro atoms. The molecule has 2 aromatic carbocycles. The van der Waals surface area contributed by atoms with Crippen molar-refractivity contribution in [2.45, 2.75) is 25.8 Å². The fraction of sp³-hybridized carbons (Fsp3) is 0.250. The molecule has 0 radical (unpaired) electrons. The predicted octanol–water partition coefficient (Wildman–Crippen LogP) is 1.94. The lowest BCUT2D eigenvalue weighted by atomic mass is 10.0. The number of piperidine rings is 1. The van der Waals surface area contributed by atoms with Crippen LogP contribution in [0.15, 0.2) is 60.7 Å². The topological polar surface area (TPSA) is 69.6 Å². The fourth-order valence-corrected chi connectivity index (χ4v) is 4.82. The van der Waals surface area contributed by atoms with Crippen molar-refractivity contribution in [3.05, 3.63) is 76.7 Å². The number of nitrogens with zero attached hydrogens (tertiary/aromatic N) is 1. The van der Waals surface area contributed by atoms with Gasteiger partial charge in [0.25, 0.3) is 5.91 Å². The zero-order valence-corrected chi connectivity index (χ0v) is 18.7. The number of benzene rings is 2. The van der Waals surface area contributed by atoms with Crippen LogP contribution in [0.3, 0.4) is 0 Å². The van der Waals surface area contributed by atoms with E-state index < -0.39 is 5.97 Å². The summed E-state index contributed by atoms with van der Waals surface area (Å²) in [6.45, 7) is 3.59. The summed E-state index contributed by atoms with van der Waals surface area (Å²) in [6, 6.07) is 19.0. The van der Waals surface area contributed by atoms with Gasteiger partial charge in [-0.2, -0.15) is 0 Å². The highest BCUT2D eigenvalue weighted by Gasteiger charge is 2.32. The zero-order valence-electron chi connectivity index (χ0n) is 18.2. The normalized spacial score (nSPS) is 14.0. The molecule has 1 aliphatic rings. The molecule has 1 aromatic heterocycles. The van der Waals surface area contributed by atoms with Crippen molar-refractivity contribution in [2.75, 3.05) is 18.0 Å². The van der Waals surface area contributed by atoms with Gasteiger partial charge in [-0.3, -0.25) is 4.79 Å². The van der Waals surface area contributed by atoms with E-state index in [4.69, 9.17) is 0 Å². The van der Waals surface area contributed by atoms with Crippen LogP contribution in [0, 0.1) is 6.92 Å². The number of carbonyl (C=O) groups is 2. The number of carboxylic acid groups (broad SMARTS) is 1. The molecule has 4 rings (SSSR count). The molecule has 1 saturated heterocycles. The average Bonchev–Trinajstić information content (AvgIpc) is 3.21. The average molecular weight is 457 g/mol. The molecular weight excluding hydrogens is 432 g/mol. The minimum atomic E-state index is -1.01. The molecule has 162 valence electrons. The van der Waals surface area contributed by atoms with Gasteiger partial charge < -0.3 is 27.7 Å². The Labute approximate surface area is 193 Å². The number of nitrogens with one attached hydrogen (secondary N) is 1. The first-order chi connectivity index (χ1) is 14.5. The van der Waals surface area contributed by atoms with E-state index in [1.807, 2.05) is 67.6 Å². The van der Waals surface area contributed by atoms with E-state index in [9.17, 15) is 14.7 Å². The number of carbonyl (C=O) groups excluding carboxylic acids is 1. The van der Waals surface area contributed by atoms with E-state index in [0.717, 1.165) is 41.9 Å². The number of hydrogen-bond donors (Lipinski definition) is 2. The molecule has 31 heavy (non-hydrogen) atoms. The van der Waals surface area contributed by atoms with Gasteiger partial charge in [-0.15, -0.1) is 11.3 Å². The molecule has 5 nitrogen and oxygen atoms in total. The van der Waals surface area contributed by atoms with Gasteiger partial charge in [0, 0.05) is 16.5 Å². The van der Waals surface area contributed by atoms with Crippen molar-refractivity contribution in [1.29, 1.82) is 0 Å². The lowest BCUT2D eigenvalue weighted by molar-refractivity contribution is -0.0000297. The molecule has 3 aromatic rings. The van der Waals surface area contributed by atoms with Crippen LogP contribution < -0.4 is 22.6 Å². The molecular formula is C24H25ClN2O3S. The Bertz CT molecular complexity index is 1050. The van der Waals surface area contributed by atoms with Gasteiger partial charge in [0.1, 0.15) is 4.88 Å². The number of carboxylic acids is 1. The highest BCUT2D eigenvalue weighted by molar-refractivity contribution is 7.18. The van der Waals surface area contributed by atoms with E-state index in [2.05, 4.69) is 5.32 Å². The number of anilines is 1. The fourth-order valence-electron chi connectivity index (χ4n) is 3.83. The summed E-state index contributed by atoms with van der Waals surface area (Å²) in [5.41, 5.74) is 3.09. The lowest BCUT2D eigenvalue weighted by Crippen LogP contribution is -3.00. The largest absolute Gasteiger partial charge is 1.00 e. The van der Waals surface area contributed by atoms with Crippen molar-refractivity contribution in [3.63, 3.8) is 0 Å². The van der Waals surface area contributed by atoms with Crippen LogP contribution in [0.1, 0.15) is 39.9 Å². The summed E-state index contributed by atoms with van der Waals surface area (Å²) in [6.07, 6.45) is 1.57. The highest BCUT2D eigenvalue weighted by Crippen LogP contribution is 2.39. The summed E-state index contributed by atoms with van der Waals surface area (Å²) in [5, 5.41) is 13.2. The van der Waals surface area contributed by atoms with Gasteiger partial charge >= 0.3 is 7.40 Å². The lowest BCUT2D eigenvalue weighted by Gasteiger charge is -2.34. The van der Waals surface area contributed by atoms with Gasteiger partial charge in [-0.1, -0.05) is 48.0 Å². The molecule has 7 heteroatoms. The summed E-state index contributed by atoms with van der Waals surface area (Å²) < 4.78 is 0. The van der Waals surface area contributed by atoms with Gasteiger partial charge in [-0.05, 0) is 56.6 Å². The third-order valence-corrected chi connectivity index (χ3v) is 6.58. The monoisotopic (exact) mass is 456 g/mol. The molecule has 0 unspecified atom stereocenters. The summed E-state index contributed by atoms with van der Waals surface area (Å²) in [5.74, 6) is -1.16. The number of aromatic carboxylic acids is 1. The van der Waals surface area contributed by atoms with E-state index >= 15 is 0 Å². The van der Waals surface area contributed by atoms with Crippen molar-refractivity contribution in [1.82, 2.24) is 5.32 Å². The van der Waals surface area contributed by atoms with Crippen LogP contribution in [0.4, 0.5) is 5.69 Å². The third kappa shape index (κ3) is 4.98. The first kappa shape index (κ1) is 23.0. The van der Waals surface area contributed by atoms with Crippen molar-refractivity contribution >= 4 is 28.9 Å². The van der Waals surface area contributed by atoms with E-state index in [0.29, 0.717) is 11.3 Å². The Morgan fingerprint density at radius 2 is 1.71 bits per heavy atom. The minimum Gasteiger partial charge on any atom is -1.00 e. The molecule has 0 saturated carbocycles. The second-order valence-electron chi connectivity index (χ2n) is 7.52. The summed E-state index contributed by atoms with van der Waals surface area (Å²) >= 11 is 1.22. The van der Waals surface area contributed by atoms with Crippen molar-refractivity contribution in [2.24, 2.45) is 0 Å². The number of halogens is 1. The first-order valence-corrected chi connectivity index (χ1v) is 10.9. The van der Waals surface area contributed by atoms with Gasteiger partial charge in [0.2, 0.25) is 0 Å². The van der Waals surface area contributed by atoms with Gasteiger partial charge in [0.05, 0.1) is 5.69 Å². The molecule has 0 aliphatic carbocycles. The second kappa shape index (κ2) is 10.1. The number of rotatable bonds is 5. The van der Waals surface area contributed by atoms with Crippen LogP contribution in [0.2, 0.25) is 0 Å². The molecule has 1 aliphatic heterocycles. The SMILES string of the molecule is Cc1ccc(C(=O)N(c2cc(-c3ccccc3)sc2C(=O)O)C2CCNCC2)cc1.[Cl-].[H+]. The Balaban J connectivity index is 0.00000181. The van der Waals surface area contributed by atoms with Crippen LogP contribution >= 0.6 is 11.3 Å². The molecule has 1 amide bonds. The van der Waals surface area contributed by atoms with E-state index in [1.54, 1.807) is 4.90 Å². The van der Waals surface area contributed by atoms with Crippen LogP contribution in [0.25, 0.3) is 10.4 Å². The summed E-state index contributed by atoms with van der Waals surface area (Å²) in [4.78, 5) is 28.5. The number of thiophene rings is 1. The Morgan fingerprint density at radius 1 is 1.06 bits per heavy atom.